The molecule has 0 aliphatic rings. The Morgan fingerprint density at radius 2 is 0.966 bits per heavy atom. The zero-order valence-electron chi connectivity index (χ0n) is 38.4. The van der Waals surface area contributed by atoms with E-state index in [1.807, 2.05) is 19.0 Å². The number of carbonyl (C=O) groups is 2. The number of unbranched alkanes of at least 4 members (excludes halogenated alkanes) is 14. The lowest BCUT2D eigenvalue weighted by Gasteiger charge is -2.20. The fourth-order valence-corrected chi connectivity index (χ4v) is 7.99. The molecule has 0 bridgehead atoms. The van der Waals surface area contributed by atoms with E-state index in [-0.39, 0.29) is 26.1 Å². The molecular weight excluding hydrogens is 769 g/mol. The van der Waals surface area contributed by atoms with Crippen molar-refractivity contribution in [3.05, 3.63) is 45.3 Å². The summed E-state index contributed by atoms with van der Waals surface area (Å²) in [7, 11) is -0.744. The number of rotatable bonds is 36. The van der Waals surface area contributed by atoms with E-state index in [0.717, 1.165) is 119 Å². The number of furan rings is 2. The molecule has 2 atom stereocenters. The maximum Gasteiger partial charge on any atom is 0.472 e. The normalized spacial score (nSPS) is 13.3. The van der Waals surface area contributed by atoms with Crippen LogP contribution in [0, 0.1) is 27.7 Å². The van der Waals surface area contributed by atoms with Crippen molar-refractivity contribution in [2.24, 2.45) is 0 Å². The first-order chi connectivity index (χ1) is 28.3. The van der Waals surface area contributed by atoms with Crippen LogP contribution in [0.15, 0.2) is 8.83 Å². The fraction of sp³-hybridized carbons (Fsp3) is 0.787. The smallest absolute Gasteiger partial charge is 0.466 e. The molecule has 0 fully saturated rings. The molecule has 2 rings (SSSR count). The number of hydrogen-bond acceptors (Lipinski definition) is 10. The molecule has 0 amide bonds. The van der Waals surface area contributed by atoms with Crippen LogP contribution >= 0.6 is 7.82 Å². The maximum absolute atomic E-state index is 12.7. The second-order valence-electron chi connectivity index (χ2n) is 16.7. The molecule has 2 aromatic rings. The molecule has 0 saturated heterocycles. The lowest BCUT2D eigenvalue weighted by Crippen LogP contribution is -2.29. The fourth-order valence-electron chi connectivity index (χ4n) is 7.25. The van der Waals surface area contributed by atoms with Gasteiger partial charge < -0.3 is 28.1 Å². The summed E-state index contributed by atoms with van der Waals surface area (Å²) < 4.78 is 45.9. The van der Waals surface area contributed by atoms with E-state index in [2.05, 4.69) is 41.5 Å². The van der Waals surface area contributed by atoms with Crippen molar-refractivity contribution in [2.45, 2.75) is 202 Å². The van der Waals surface area contributed by atoms with Crippen LogP contribution in [0.25, 0.3) is 0 Å². The third kappa shape index (κ3) is 22.8. The number of esters is 2. The van der Waals surface area contributed by atoms with Gasteiger partial charge in [-0.2, -0.15) is 0 Å². The lowest BCUT2D eigenvalue weighted by atomic mass is 10.0. The Bertz CT molecular complexity index is 1500. The summed E-state index contributed by atoms with van der Waals surface area (Å²) in [6.45, 7) is 12.8. The predicted octanol–water partition coefficient (Wildman–Crippen LogP) is 12.0. The van der Waals surface area contributed by atoms with E-state index < -0.39 is 32.5 Å². The zero-order valence-corrected chi connectivity index (χ0v) is 39.3. The molecule has 340 valence electrons. The minimum Gasteiger partial charge on any atom is -0.466 e. The van der Waals surface area contributed by atoms with Gasteiger partial charge in [0.2, 0.25) is 0 Å². The van der Waals surface area contributed by atoms with Crippen molar-refractivity contribution in [3.8, 4) is 0 Å². The summed E-state index contributed by atoms with van der Waals surface area (Å²) >= 11 is 0. The number of nitrogens with zero attached hydrogens (tertiary/aromatic N) is 1. The number of ether oxygens (including phenoxy) is 2. The predicted molar refractivity (Wildman–Crippen MR) is 236 cm³/mol. The van der Waals surface area contributed by atoms with Crippen LogP contribution < -0.4 is 0 Å². The number of aryl methyl sites for hydroxylation is 4. The third-order valence-corrected chi connectivity index (χ3v) is 12.2. The van der Waals surface area contributed by atoms with Crippen LogP contribution in [0.5, 0.6) is 0 Å². The molecule has 12 heteroatoms. The number of hydrogen-bond donors (Lipinski definition) is 1. The van der Waals surface area contributed by atoms with Gasteiger partial charge >= 0.3 is 19.8 Å². The highest BCUT2D eigenvalue weighted by Gasteiger charge is 2.26. The van der Waals surface area contributed by atoms with Crippen molar-refractivity contribution in [3.63, 3.8) is 0 Å². The summed E-state index contributed by atoms with van der Waals surface area (Å²) in [5, 5.41) is 0. The van der Waals surface area contributed by atoms with Gasteiger partial charge in [-0.15, -0.1) is 0 Å². The van der Waals surface area contributed by atoms with Crippen LogP contribution in [0.3, 0.4) is 0 Å². The molecule has 59 heavy (non-hydrogen) atoms. The van der Waals surface area contributed by atoms with E-state index in [1.165, 1.54) is 54.4 Å². The Hall–Kier alpha value is -2.43. The average molecular weight is 852 g/mol. The minimum atomic E-state index is -4.38. The molecule has 0 aliphatic carbocycles. The van der Waals surface area contributed by atoms with E-state index in [1.54, 1.807) is 0 Å². The zero-order chi connectivity index (χ0) is 43.5. The van der Waals surface area contributed by atoms with Crippen LogP contribution in [0.2, 0.25) is 0 Å². The van der Waals surface area contributed by atoms with Gasteiger partial charge in [-0.25, -0.2) is 4.57 Å². The van der Waals surface area contributed by atoms with Gasteiger partial charge in [0, 0.05) is 45.1 Å². The maximum atomic E-state index is 12.7. The van der Waals surface area contributed by atoms with E-state index in [0.29, 0.717) is 19.4 Å². The van der Waals surface area contributed by atoms with Gasteiger partial charge in [-0.3, -0.25) is 18.6 Å². The van der Waals surface area contributed by atoms with Gasteiger partial charge in [0.25, 0.3) is 0 Å². The summed E-state index contributed by atoms with van der Waals surface area (Å²) in [6.07, 6.45) is 22.6. The van der Waals surface area contributed by atoms with E-state index in [9.17, 15) is 19.0 Å². The summed E-state index contributed by atoms with van der Waals surface area (Å²) in [4.78, 5) is 37.3. The second kappa shape index (κ2) is 30.6. The van der Waals surface area contributed by atoms with Crippen LogP contribution in [0.1, 0.15) is 188 Å². The first kappa shape index (κ1) is 52.7. The highest BCUT2D eigenvalue weighted by molar-refractivity contribution is 7.47. The monoisotopic (exact) mass is 852 g/mol. The molecule has 0 radical (unpaired) electrons. The molecule has 1 unspecified atom stereocenters. The first-order valence-corrected chi connectivity index (χ1v) is 24.5. The Kier molecular flexibility index (Phi) is 27.3. The molecule has 2 heterocycles. The van der Waals surface area contributed by atoms with Crippen molar-refractivity contribution in [1.82, 2.24) is 4.90 Å². The minimum absolute atomic E-state index is 0.00436. The number of likely N-dealkylation sites (N-methyl/N-ethyl adjacent to an activating group) is 1. The molecule has 0 aliphatic heterocycles. The third-order valence-electron chi connectivity index (χ3n) is 11.3. The summed E-state index contributed by atoms with van der Waals surface area (Å²) in [5.74, 6) is 3.75. The molecule has 0 spiro atoms. The van der Waals surface area contributed by atoms with Crippen molar-refractivity contribution < 1.29 is 46.4 Å². The molecule has 2 aromatic heterocycles. The quantitative estimate of drug-likeness (QED) is 0.0398. The molecule has 11 nitrogen and oxygen atoms in total. The topological polar surface area (TPSA) is 138 Å². The van der Waals surface area contributed by atoms with Gasteiger partial charge in [0.1, 0.15) is 29.6 Å². The largest absolute Gasteiger partial charge is 0.472 e. The van der Waals surface area contributed by atoms with Gasteiger partial charge in [-0.05, 0) is 103 Å². The van der Waals surface area contributed by atoms with Gasteiger partial charge in [-0.1, -0.05) is 90.9 Å². The number of phosphoric acid groups is 1. The highest BCUT2D eigenvalue weighted by atomic mass is 31.2. The second-order valence-corrected chi connectivity index (χ2v) is 18.2. The lowest BCUT2D eigenvalue weighted by molar-refractivity contribution is -0.161. The molecule has 0 aromatic carbocycles. The number of carbonyl (C=O) groups excluding carboxylic acids is 2. The van der Waals surface area contributed by atoms with Crippen LogP contribution in [0.4, 0.5) is 0 Å². The molecule has 0 saturated carbocycles. The first-order valence-electron chi connectivity index (χ1n) is 23.0. The Morgan fingerprint density at radius 1 is 0.576 bits per heavy atom. The Morgan fingerprint density at radius 3 is 1.39 bits per heavy atom. The average Bonchev–Trinajstić information content (AvgIpc) is 3.61. The standard InChI is InChI=1S/C47H82NO10P/c1-9-27-42-37(3)39(5)44(57-42)29-23-19-15-11-13-17-21-25-31-46(49)53-35-41(36-55-59(51,52)54-34-33-48(7)8)56-47(50)32-26-22-18-14-12-16-20-24-30-45-40(6)38(4)43(58-45)28-10-2/h41H,9-36H2,1-8H3,(H,51,52)/t41-/m1/s1. The van der Waals surface area contributed by atoms with E-state index >= 15 is 0 Å². The van der Waals surface area contributed by atoms with Crippen LogP contribution in [-0.4, -0.2) is 68.3 Å². The van der Waals surface area contributed by atoms with Crippen molar-refractivity contribution >= 4 is 19.8 Å². The van der Waals surface area contributed by atoms with Gasteiger partial charge in [0.05, 0.1) is 13.2 Å². The SMILES string of the molecule is CCCc1oc(CCCCCCCCCCC(=O)OC[C@H](COP(=O)(O)OCCN(C)C)OC(=O)CCCCCCCCCCc2oc(CCC)c(C)c2C)c(C)c1C. The van der Waals surface area contributed by atoms with Crippen molar-refractivity contribution in [2.75, 3.05) is 40.5 Å². The highest BCUT2D eigenvalue weighted by Crippen LogP contribution is 2.43. The molecular formula is C47H82NO10P. The summed E-state index contributed by atoms with van der Waals surface area (Å²) in [6, 6.07) is 0. The van der Waals surface area contributed by atoms with Gasteiger partial charge in [0.15, 0.2) is 6.10 Å². The molecule has 1 N–H and O–H groups in total. The summed E-state index contributed by atoms with van der Waals surface area (Å²) in [5.41, 5.74) is 5.25. The van der Waals surface area contributed by atoms with Crippen molar-refractivity contribution in [1.29, 1.82) is 0 Å². The Labute approximate surface area is 357 Å². The Balaban J connectivity index is 1.62. The number of phosphoric ester groups is 1. The van der Waals surface area contributed by atoms with Crippen LogP contribution in [-0.2, 0) is 58.4 Å². The van der Waals surface area contributed by atoms with E-state index in [4.69, 9.17) is 27.4 Å².